The molecule has 4 rings (SSSR count). The minimum atomic E-state index is -0.448. The van der Waals surface area contributed by atoms with Crippen LogP contribution in [0.3, 0.4) is 0 Å². The second-order valence-electron chi connectivity index (χ2n) is 7.51. The van der Waals surface area contributed by atoms with Gasteiger partial charge >= 0.3 is 0 Å². The van der Waals surface area contributed by atoms with E-state index in [9.17, 15) is 4.79 Å². The van der Waals surface area contributed by atoms with E-state index >= 15 is 0 Å². The number of aromatic nitrogens is 7. The van der Waals surface area contributed by atoms with Gasteiger partial charge in [0, 0.05) is 32.5 Å². The molecule has 0 saturated heterocycles. The number of rotatable bonds is 11. The van der Waals surface area contributed by atoms with Gasteiger partial charge in [-0.1, -0.05) is 23.9 Å². The Hall–Kier alpha value is -3.87. The lowest BCUT2D eigenvalue weighted by atomic mass is 10.1. The third kappa shape index (κ3) is 5.45. The van der Waals surface area contributed by atoms with Crippen LogP contribution >= 0.6 is 11.8 Å². The van der Waals surface area contributed by atoms with Gasteiger partial charge in [-0.3, -0.25) is 4.79 Å². The smallest absolute Gasteiger partial charge is 0.261 e. The van der Waals surface area contributed by atoms with E-state index in [1.807, 2.05) is 55.9 Å². The monoisotopic (exact) mass is 496 g/mol. The Morgan fingerprint density at radius 1 is 1.17 bits per heavy atom. The summed E-state index contributed by atoms with van der Waals surface area (Å²) < 4.78 is 8.95. The van der Waals surface area contributed by atoms with Gasteiger partial charge in [0.05, 0.1) is 12.9 Å². The first-order valence-electron chi connectivity index (χ1n) is 11.2. The molecule has 3 aromatic heterocycles. The summed E-state index contributed by atoms with van der Waals surface area (Å²) in [6.07, 6.45) is 3.55. The number of anilines is 2. The van der Waals surface area contributed by atoms with Crippen molar-refractivity contribution in [3.63, 3.8) is 0 Å². The molecule has 0 aliphatic heterocycles. The lowest BCUT2D eigenvalue weighted by Crippen LogP contribution is -2.32. The SMILES string of the molecule is CCNc1nc(NCC)n2c(SCC(=O)NC(c3cccc(OC)c3)c3nccn3C)nnc2n1. The summed E-state index contributed by atoms with van der Waals surface area (Å²) in [6.45, 7) is 5.28. The van der Waals surface area contributed by atoms with Gasteiger partial charge < -0.3 is 25.3 Å². The van der Waals surface area contributed by atoms with Crippen molar-refractivity contribution in [3.05, 3.63) is 48.0 Å². The van der Waals surface area contributed by atoms with Crippen LogP contribution in [0.1, 0.15) is 31.3 Å². The molecule has 1 unspecified atom stereocenters. The van der Waals surface area contributed by atoms with Crippen LogP contribution in [0, 0.1) is 0 Å². The number of nitrogens with zero attached hydrogens (tertiary/aromatic N) is 7. The number of carbonyl (C=O) groups is 1. The largest absolute Gasteiger partial charge is 0.497 e. The number of hydrogen-bond acceptors (Lipinski definition) is 10. The van der Waals surface area contributed by atoms with Gasteiger partial charge in [0.15, 0.2) is 5.16 Å². The normalized spacial score (nSPS) is 11.9. The van der Waals surface area contributed by atoms with Crippen molar-refractivity contribution in [2.45, 2.75) is 25.0 Å². The van der Waals surface area contributed by atoms with Crippen molar-refractivity contribution >= 4 is 35.3 Å². The average Bonchev–Trinajstić information content (AvgIpc) is 3.47. The molecule has 0 aliphatic rings. The number of fused-ring (bicyclic) bond motifs is 1. The maximum Gasteiger partial charge on any atom is 0.261 e. The average molecular weight is 497 g/mol. The Kier molecular flexibility index (Phi) is 7.65. The second kappa shape index (κ2) is 11.0. The fourth-order valence-corrected chi connectivity index (χ4v) is 4.24. The molecule has 0 saturated carbocycles. The van der Waals surface area contributed by atoms with Gasteiger partial charge in [-0.2, -0.15) is 9.97 Å². The predicted octanol–water partition coefficient (Wildman–Crippen LogP) is 2.12. The van der Waals surface area contributed by atoms with Gasteiger partial charge in [0.1, 0.15) is 17.6 Å². The molecule has 1 aromatic carbocycles. The Morgan fingerprint density at radius 2 is 2.00 bits per heavy atom. The van der Waals surface area contributed by atoms with Crippen LogP contribution in [0.5, 0.6) is 5.75 Å². The maximum atomic E-state index is 13.1. The highest BCUT2D eigenvalue weighted by molar-refractivity contribution is 7.99. The molecular weight excluding hydrogens is 468 g/mol. The third-order valence-corrected chi connectivity index (χ3v) is 6.03. The molecule has 0 spiro atoms. The van der Waals surface area contributed by atoms with Crippen molar-refractivity contribution in [1.29, 1.82) is 0 Å². The van der Waals surface area contributed by atoms with Crippen molar-refractivity contribution in [2.24, 2.45) is 7.05 Å². The maximum absolute atomic E-state index is 13.1. The van der Waals surface area contributed by atoms with E-state index < -0.39 is 6.04 Å². The predicted molar refractivity (Wildman–Crippen MR) is 134 cm³/mol. The Balaban J connectivity index is 1.54. The molecule has 4 aromatic rings. The molecule has 13 heteroatoms. The Bertz CT molecular complexity index is 1300. The highest BCUT2D eigenvalue weighted by Crippen LogP contribution is 2.25. The molecule has 184 valence electrons. The van der Waals surface area contributed by atoms with E-state index in [4.69, 9.17) is 4.74 Å². The number of ether oxygens (including phenoxy) is 1. The fourth-order valence-electron chi connectivity index (χ4n) is 3.50. The van der Waals surface area contributed by atoms with Crippen LogP contribution in [0.25, 0.3) is 5.78 Å². The first-order valence-corrected chi connectivity index (χ1v) is 12.2. The number of nitrogens with one attached hydrogen (secondary N) is 3. The number of carbonyl (C=O) groups excluding carboxylic acids is 1. The lowest BCUT2D eigenvalue weighted by molar-refractivity contribution is -0.119. The van der Waals surface area contributed by atoms with Crippen LogP contribution < -0.4 is 20.7 Å². The van der Waals surface area contributed by atoms with Crippen molar-refractivity contribution in [1.82, 2.24) is 39.4 Å². The molecule has 3 N–H and O–H groups in total. The Morgan fingerprint density at radius 3 is 2.71 bits per heavy atom. The van der Waals surface area contributed by atoms with Crippen LogP contribution in [-0.2, 0) is 11.8 Å². The minimum Gasteiger partial charge on any atom is -0.497 e. The number of hydrogen-bond donors (Lipinski definition) is 3. The van der Waals surface area contributed by atoms with Gasteiger partial charge in [0.2, 0.25) is 17.8 Å². The molecule has 3 heterocycles. The molecule has 12 nitrogen and oxygen atoms in total. The number of thioether (sulfide) groups is 1. The van der Waals surface area contributed by atoms with Gasteiger partial charge in [-0.05, 0) is 31.5 Å². The quantitative estimate of drug-likeness (QED) is 0.265. The van der Waals surface area contributed by atoms with Crippen molar-refractivity contribution < 1.29 is 9.53 Å². The van der Waals surface area contributed by atoms with E-state index in [1.165, 1.54) is 11.8 Å². The lowest BCUT2D eigenvalue weighted by Gasteiger charge is -2.19. The van der Waals surface area contributed by atoms with Crippen molar-refractivity contribution in [2.75, 3.05) is 36.6 Å². The number of benzene rings is 1. The molecule has 35 heavy (non-hydrogen) atoms. The summed E-state index contributed by atoms with van der Waals surface area (Å²) in [4.78, 5) is 26.4. The zero-order valence-corrected chi connectivity index (χ0v) is 20.8. The van der Waals surface area contributed by atoms with Gasteiger partial charge in [-0.25, -0.2) is 9.38 Å². The standard InChI is InChI=1S/C22H28N10O2S/c1-5-23-19-27-20(24-6-2)32-21(28-19)29-30-22(32)35-13-16(33)26-17(18-25-10-11-31(18)3)14-8-7-9-15(12-14)34-4/h7-12,17H,5-6,13H2,1-4H3,(H,26,33)(H2,23,24,27,28,29). The van der Waals surface area contributed by atoms with Crippen LogP contribution in [-0.4, -0.2) is 66.0 Å². The van der Waals surface area contributed by atoms with E-state index in [0.29, 0.717) is 47.5 Å². The van der Waals surface area contributed by atoms with Gasteiger partial charge in [-0.15, -0.1) is 10.2 Å². The zero-order chi connectivity index (χ0) is 24.8. The number of imidazole rings is 1. The summed E-state index contributed by atoms with van der Waals surface area (Å²) in [5.41, 5.74) is 0.865. The number of aryl methyl sites for hydroxylation is 1. The van der Waals surface area contributed by atoms with Crippen molar-refractivity contribution in [3.8, 4) is 5.75 Å². The molecule has 1 atom stereocenters. The van der Waals surface area contributed by atoms with E-state index in [0.717, 1.165) is 5.56 Å². The molecule has 0 fully saturated rings. The summed E-state index contributed by atoms with van der Waals surface area (Å²) in [5, 5.41) is 18.3. The van der Waals surface area contributed by atoms with Crippen LogP contribution in [0.15, 0.2) is 41.8 Å². The second-order valence-corrected chi connectivity index (χ2v) is 8.45. The molecule has 1 amide bonds. The number of amides is 1. The summed E-state index contributed by atoms with van der Waals surface area (Å²) in [6, 6.07) is 7.12. The summed E-state index contributed by atoms with van der Waals surface area (Å²) in [7, 11) is 3.50. The van der Waals surface area contributed by atoms with Gasteiger partial charge in [0.25, 0.3) is 5.78 Å². The number of methoxy groups -OCH3 is 1. The first-order chi connectivity index (χ1) is 17.0. The fraction of sp³-hybridized carbons (Fsp3) is 0.364. The zero-order valence-electron chi connectivity index (χ0n) is 20.0. The van der Waals surface area contributed by atoms with Crippen LogP contribution in [0.2, 0.25) is 0 Å². The highest BCUT2D eigenvalue weighted by atomic mass is 32.2. The molecular formula is C22H28N10O2S. The molecule has 0 aliphatic carbocycles. The van der Waals surface area contributed by atoms with E-state index in [-0.39, 0.29) is 11.7 Å². The topological polar surface area (TPSA) is 136 Å². The third-order valence-electron chi connectivity index (χ3n) is 5.10. The first kappa shape index (κ1) is 24.3. The summed E-state index contributed by atoms with van der Waals surface area (Å²) in [5.74, 6) is 2.77. The van der Waals surface area contributed by atoms with Crippen LogP contribution in [0.4, 0.5) is 11.9 Å². The molecule has 0 bridgehead atoms. The highest BCUT2D eigenvalue weighted by Gasteiger charge is 2.22. The van der Waals surface area contributed by atoms with E-state index in [2.05, 4.69) is 41.1 Å². The molecule has 0 radical (unpaired) electrons. The minimum absolute atomic E-state index is 0.117. The summed E-state index contributed by atoms with van der Waals surface area (Å²) >= 11 is 1.26. The Labute approximate surface area is 206 Å². The van der Waals surface area contributed by atoms with E-state index in [1.54, 1.807) is 17.7 Å².